The SMILES string of the molecule is C=CC(=O)OCCCCCCOc1ccc(OC(=O)C2CCC(COc3ccc(OCC4CCC(C(=O)Oc5ccc(OCCCCCCOC(=O)C=C)cc5)CC4)c(/C=N/N(CCNCCNCCOC(=O)C=C)c4nc5ccccc5s4)c3)CC2)cc1. The van der Waals surface area contributed by atoms with Gasteiger partial charge in [-0.2, -0.15) is 5.10 Å². The summed E-state index contributed by atoms with van der Waals surface area (Å²) in [6.45, 7) is 16.3. The highest BCUT2D eigenvalue weighted by Crippen LogP contribution is 2.35. The maximum absolute atomic E-state index is 13.4. The normalized spacial score (nSPS) is 16.4. The van der Waals surface area contributed by atoms with Crippen molar-refractivity contribution in [1.82, 2.24) is 15.6 Å². The number of hydrazone groups is 1. The second-order valence-corrected chi connectivity index (χ2v) is 23.0. The summed E-state index contributed by atoms with van der Waals surface area (Å²) < 4.78 is 52.7. The van der Waals surface area contributed by atoms with Crippen LogP contribution in [-0.2, 0) is 38.2 Å². The van der Waals surface area contributed by atoms with Crippen molar-refractivity contribution >= 4 is 62.7 Å². The summed E-state index contributed by atoms with van der Waals surface area (Å²) in [6, 6.07) is 28.1. The van der Waals surface area contributed by atoms with E-state index in [9.17, 15) is 24.0 Å². The number of para-hydroxylation sites is 1. The molecule has 0 unspecified atom stereocenters. The highest BCUT2D eigenvalue weighted by atomic mass is 32.1. The molecule has 5 aromatic rings. The average Bonchev–Trinajstić information content (AvgIpc) is 3.53. The van der Waals surface area contributed by atoms with E-state index in [0.29, 0.717) is 133 Å². The number of anilines is 1. The lowest BCUT2D eigenvalue weighted by Gasteiger charge is -2.28. The Morgan fingerprint density at radius 2 is 0.989 bits per heavy atom. The van der Waals surface area contributed by atoms with E-state index in [4.69, 9.17) is 52.7 Å². The molecule has 2 saturated carbocycles. The van der Waals surface area contributed by atoms with Crippen LogP contribution in [0.3, 0.4) is 0 Å². The highest BCUT2D eigenvalue weighted by molar-refractivity contribution is 7.22. The second-order valence-electron chi connectivity index (χ2n) is 22.0. The Kier molecular flexibility index (Phi) is 30.0. The minimum Gasteiger partial charge on any atom is -0.494 e. The van der Waals surface area contributed by atoms with Crippen molar-refractivity contribution in [2.45, 2.75) is 103 Å². The number of carbonyl (C=O) groups is 5. The number of hydrogen-bond donors (Lipinski definition) is 2. The van der Waals surface area contributed by atoms with Gasteiger partial charge in [-0.25, -0.2) is 24.4 Å². The summed E-state index contributed by atoms with van der Waals surface area (Å²) in [7, 11) is 0. The zero-order chi connectivity index (χ0) is 62.7. The number of nitrogens with zero attached hydrogens (tertiary/aromatic N) is 3. The fourth-order valence-electron chi connectivity index (χ4n) is 10.2. The van der Waals surface area contributed by atoms with E-state index in [1.807, 2.05) is 71.7 Å². The molecule has 0 atom stereocenters. The Bertz CT molecular complexity index is 2990. The van der Waals surface area contributed by atoms with Crippen LogP contribution < -0.4 is 44.1 Å². The monoisotopic (exact) mass is 1240 g/mol. The van der Waals surface area contributed by atoms with E-state index in [1.165, 1.54) is 12.2 Å². The molecule has 19 nitrogen and oxygen atoms in total. The molecule has 4 aromatic carbocycles. The first-order valence-corrected chi connectivity index (χ1v) is 32.1. The molecule has 0 amide bonds. The highest BCUT2D eigenvalue weighted by Gasteiger charge is 2.30. The van der Waals surface area contributed by atoms with Gasteiger partial charge in [0.25, 0.3) is 0 Å². The van der Waals surface area contributed by atoms with E-state index in [0.717, 1.165) is 104 Å². The van der Waals surface area contributed by atoms with Crippen molar-refractivity contribution in [2.24, 2.45) is 28.8 Å². The third-order valence-electron chi connectivity index (χ3n) is 15.3. The van der Waals surface area contributed by atoms with Crippen molar-refractivity contribution in [3.63, 3.8) is 0 Å². The number of aromatic nitrogens is 1. The summed E-state index contributed by atoms with van der Waals surface area (Å²) in [5.74, 6) is 2.05. The summed E-state index contributed by atoms with van der Waals surface area (Å²) >= 11 is 1.56. The molecule has 89 heavy (non-hydrogen) atoms. The van der Waals surface area contributed by atoms with Crippen LogP contribution in [0.2, 0.25) is 0 Å². The third-order valence-corrected chi connectivity index (χ3v) is 16.4. The number of benzene rings is 4. The molecule has 0 saturated heterocycles. The number of ether oxygens (including phenoxy) is 9. The van der Waals surface area contributed by atoms with Crippen LogP contribution in [0.5, 0.6) is 34.5 Å². The number of rotatable bonds is 41. The molecule has 2 fully saturated rings. The van der Waals surface area contributed by atoms with E-state index in [2.05, 4.69) is 30.4 Å². The van der Waals surface area contributed by atoms with Gasteiger partial charge in [0.2, 0.25) is 5.13 Å². The van der Waals surface area contributed by atoms with E-state index in [1.54, 1.807) is 41.8 Å². The van der Waals surface area contributed by atoms with E-state index >= 15 is 0 Å². The molecule has 2 N–H and O–H groups in total. The van der Waals surface area contributed by atoms with E-state index < -0.39 is 17.9 Å². The quantitative estimate of drug-likeness (QED) is 0.00706. The summed E-state index contributed by atoms with van der Waals surface area (Å²) in [4.78, 5) is 65.4. The zero-order valence-electron chi connectivity index (χ0n) is 51.2. The van der Waals surface area contributed by atoms with Gasteiger partial charge >= 0.3 is 29.8 Å². The van der Waals surface area contributed by atoms with Gasteiger partial charge in [0.15, 0.2) is 0 Å². The van der Waals surface area contributed by atoms with Gasteiger partial charge in [0, 0.05) is 50.0 Å². The van der Waals surface area contributed by atoms with Gasteiger partial charge in [-0.3, -0.25) is 9.59 Å². The molecule has 0 spiro atoms. The Morgan fingerprint density at radius 1 is 0.517 bits per heavy atom. The molecule has 0 aliphatic heterocycles. The number of carbonyl (C=O) groups excluding carboxylic acids is 5. The molecule has 0 radical (unpaired) electrons. The Labute approximate surface area is 527 Å². The minimum absolute atomic E-state index is 0.204. The Balaban J connectivity index is 0.903. The number of esters is 5. The summed E-state index contributed by atoms with van der Waals surface area (Å²) in [6.07, 6.45) is 18.4. The largest absolute Gasteiger partial charge is 0.494 e. The number of hydrogen-bond acceptors (Lipinski definition) is 20. The topological polar surface area (TPSA) is 221 Å². The van der Waals surface area contributed by atoms with Gasteiger partial charge in [-0.05, 0) is 193 Å². The van der Waals surface area contributed by atoms with Crippen LogP contribution in [0.15, 0.2) is 134 Å². The van der Waals surface area contributed by atoms with Crippen LogP contribution in [0, 0.1) is 23.7 Å². The standard InChI is InChI=1S/C69H87N5O14S/c1-4-64(75)82-44-15-9-7-13-42-80-56-27-31-58(32-28-56)87-67(78)53-23-19-51(20-24-53)49-85-60-35-36-62(55(47-60)48-72-74(69-73-61-17-11-12-18-63(61)89-69)41-39-70-37-38-71-40-46-84-66(77)6-3)86-50-52-21-25-54(26-22-52)68(79)88-59-33-29-57(30-34-59)81-43-14-8-10-16-45-83-65(76)5-2/h4-6,11-12,17-18,27-36,47-48,51-54,70-71H,1-3,7-10,13-16,19-26,37-46,49-50H2/b72-48+. The van der Waals surface area contributed by atoms with Crippen molar-refractivity contribution in [2.75, 3.05) is 84.0 Å². The van der Waals surface area contributed by atoms with Crippen LogP contribution in [0.1, 0.15) is 108 Å². The molecule has 1 aromatic heterocycles. The fourth-order valence-corrected chi connectivity index (χ4v) is 11.1. The first kappa shape index (κ1) is 68.4. The maximum Gasteiger partial charge on any atom is 0.330 e. The summed E-state index contributed by atoms with van der Waals surface area (Å²) in [5.41, 5.74) is 1.62. The number of nitrogens with one attached hydrogen (secondary N) is 2. The van der Waals surface area contributed by atoms with Crippen molar-refractivity contribution in [3.05, 3.63) is 135 Å². The third kappa shape index (κ3) is 25.1. The van der Waals surface area contributed by atoms with Crippen molar-refractivity contribution < 1.29 is 66.6 Å². The number of thiazole rings is 1. The molecule has 20 heteroatoms. The number of fused-ring (bicyclic) bond motifs is 1. The Morgan fingerprint density at radius 3 is 1.52 bits per heavy atom. The fraction of sp³-hybridized carbons (Fsp3) is 0.464. The molecule has 1 heterocycles. The smallest absolute Gasteiger partial charge is 0.330 e. The second kappa shape index (κ2) is 39.0. The van der Waals surface area contributed by atoms with Crippen molar-refractivity contribution in [1.29, 1.82) is 0 Å². The molecular formula is C69H87N5O14S. The lowest BCUT2D eigenvalue weighted by atomic mass is 9.82. The van der Waals surface area contributed by atoms with Crippen LogP contribution in [0.4, 0.5) is 5.13 Å². The van der Waals surface area contributed by atoms with Crippen LogP contribution >= 0.6 is 11.3 Å². The van der Waals surface area contributed by atoms with Gasteiger partial charge < -0.3 is 53.3 Å². The van der Waals surface area contributed by atoms with Gasteiger partial charge in [0.1, 0.15) is 41.1 Å². The predicted octanol–water partition coefficient (Wildman–Crippen LogP) is 12.0. The van der Waals surface area contributed by atoms with Crippen molar-refractivity contribution in [3.8, 4) is 34.5 Å². The van der Waals surface area contributed by atoms with Crippen LogP contribution in [0.25, 0.3) is 10.2 Å². The molecule has 7 rings (SSSR count). The lowest BCUT2D eigenvalue weighted by molar-refractivity contribution is -0.141. The Hall–Kier alpha value is -8.07. The maximum atomic E-state index is 13.4. The molecule has 478 valence electrons. The van der Waals surface area contributed by atoms with Gasteiger partial charge in [0.05, 0.1) is 74.5 Å². The molecule has 2 aliphatic carbocycles. The number of unbranched alkanes of at least 4 members (excludes halogenated alkanes) is 6. The zero-order valence-corrected chi connectivity index (χ0v) is 52.0. The molecular weight excluding hydrogens is 1150 g/mol. The lowest BCUT2D eigenvalue weighted by Crippen LogP contribution is -2.34. The minimum atomic E-state index is -0.445. The first-order valence-electron chi connectivity index (χ1n) is 31.3. The predicted molar refractivity (Wildman–Crippen MR) is 344 cm³/mol. The average molecular weight is 1240 g/mol. The van der Waals surface area contributed by atoms with E-state index in [-0.39, 0.29) is 42.2 Å². The summed E-state index contributed by atoms with van der Waals surface area (Å²) in [5, 5.41) is 14.4. The van der Waals surface area contributed by atoms with Gasteiger partial charge in [-0.1, -0.05) is 43.2 Å². The molecule has 2 aliphatic rings. The van der Waals surface area contributed by atoms with Gasteiger partial charge in [-0.15, -0.1) is 0 Å². The molecule has 0 bridgehead atoms. The van der Waals surface area contributed by atoms with Crippen LogP contribution in [-0.4, -0.2) is 120 Å². The first-order chi connectivity index (χ1) is 43.5.